The molecule has 4 aliphatic carbocycles. The summed E-state index contributed by atoms with van der Waals surface area (Å²) in [5, 5.41) is 23.3. The van der Waals surface area contributed by atoms with Crippen LogP contribution in [0.2, 0.25) is 0 Å². The Morgan fingerprint density at radius 2 is 1.89 bits per heavy atom. The van der Waals surface area contributed by atoms with Gasteiger partial charge in [-0.1, -0.05) is 19.4 Å². The molecule has 35 heavy (non-hydrogen) atoms. The lowest BCUT2D eigenvalue weighted by Gasteiger charge is -2.60. The Balaban J connectivity index is 1.29. The zero-order chi connectivity index (χ0) is 25.0. The van der Waals surface area contributed by atoms with Crippen molar-refractivity contribution in [2.75, 3.05) is 37.8 Å². The third-order valence-electron chi connectivity index (χ3n) is 10.3. The van der Waals surface area contributed by atoms with Gasteiger partial charge < -0.3 is 19.8 Å². The Bertz CT molecular complexity index is 931. The van der Waals surface area contributed by atoms with Gasteiger partial charge in [0.05, 0.1) is 30.8 Å². The molecule has 7 atom stereocenters. The summed E-state index contributed by atoms with van der Waals surface area (Å²) in [4.78, 5) is 39.7. The number of thioether (sulfide) groups is 1. The first-order chi connectivity index (χ1) is 16.6. The topological polar surface area (TPSA) is 104 Å². The molecule has 7 nitrogen and oxygen atoms in total. The van der Waals surface area contributed by atoms with E-state index in [-0.39, 0.29) is 52.1 Å². The van der Waals surface area contributed by atoms with Gasteiger partial charge in [-0.2, -0.15) is 0 Å². The Morgan fingerprint density at radius 3 is 2.63 bits per heavy atom. The average Bonchev–Trinajstić information content (AvgIpc) is 3.11. The van der Waals surface area contributed by atoms with Crippen molar-refractivity contribution in [2.24, 2.45) is 28.6 Å². The molecule has 0 aromatic carbocycles. The lowest BCUT2D eigenvalue weighted by molar-refractivity contribution is -0.178. The summed E-state index contributed by atoms with van der Waals surface area (Å²) >= 11 is 1.28. The van der Waals surface area contributed by atoms with Crippen molar-refractivity contribution in [3.05, 3.63) is 11.6 Å². The van der Waals surface area contributed by atoms with Gasteiger partial charge in [0, 0.05) is 24.9 Å². The van der Waals surface area contributed by atoms with E-state index in [4.69, 9.17) is 4.74 Å². The van der Waals surface area contributed by atoms with Gasteiger partial charge in [-0.3, -0.25) is 14.4 Å². The minimum Gasteiger partial charge on any atom is -0.393 e. The third kappa shape index (κ3) is 4.03. The Hall–Kier alpha value is -1.22. The van der Waals surface area contributed by atoms with Crippen molar-refractivity contribution >= 4 is 29.2 Å². The second-order valence-electron chi connectivity index (χ2n) is 11.9. The van der Waals surface area contributed by atoms with Crippen molar-refractivity contribution in [3.8, 4) is 0 Å². The second kappa shape index (κ2) is 9.26. The molecule has 3 saturated carbocycles. The van der Waals surface area contributed by atoms with E-state index in [1.54, 1.807) is 4.90 Å². The number of carbonyl (C=O) groups is 3. The molecule has 7 unspecified atom stereocenters. The predicted octanol–water partition coefficient (Wildman–Crippen LogP) is 2.38. The van der Waals surface area contributed by atoms with Gasteiger partial charge >= 0.3 is 0 Å². The number of ketones is 2. The van der Waals surface area contributed by atoms with Gasteiger partial charge in [-0.15, -0.1) is 11.8 Å². The number of carbonyl (C=O) groups excluding carboxylic acids is 3. The van der Waals surface area contributed by atoms with Crippen LogP contribution in [0.25, 0.3) is 0 Å². The van der Waals surface area contributed by atoms with Crippen LogP contribution in [0.4, 0.5) is 0 Å². The summed E-state index contributed by atoms with van der Waals surface area (Å²) in [6.07, 6.45) is 5.85. The molecule has 194 valence electrons. The number of amides is 1. The van der Waals surface area contributed by atoms with Crippen LogP contribution in [0.1, 0.15) is 58.8 Å². The van der Waals surface area contributed by atoms with E-state index in [0.29, 0.717) is 45.6 Å². The molecule has 2 N–H and O–H groups in total. The first kappa shape index (κ1) is 25.4. The highest BCUT2D eigenvalue weighted by molar-refractivity contribution is 8.00. The first-order valence-corrected chi connectivity index (χ1v) is 14.4. The van der Waals surface area contributed by atoms with Crippen LogP contribution in [-0.4, -0.2) is 82.1 Å². The molecular formula is C27H39NO6S. The molecule has 1 amide bonds. The van der Waals surface area contributed by atoms with Gasteiger partial charge in [0.1, 0.15) is 5.60 Å². The lowest BCUT2D eigenvalue weighted by Crippen LogP contribution is -2.62. The van der Waals surface area contributed by atoms with Gasteiger partial charge in [0.25, 0.3) is 0 Å². The van der Waals surface area contributed by atoms with E-state index < -0.39 is 17.1 Å². The number of hydrogen-bond donors (Lipinski definition) is 2. The van der Waals surface area contributed by atoms with E-state index in [0.717, 1.165) is 25.7 Å². The SMILES string of the molecule is CC12CCC(=O)C=C1CCC1C2C(O)CC2(C)C1CCC2(O)C(=O)CSCC(=O)N1CCOCC1. The highest BCUT2D eigenvalue weighted by Gasteiger charge is 2.68. The molecular weight excluding hydrogens is 466 g/mol. The molecule has 8 heteroatoms. The predicted molar refractivity (Wildman–Crippen MR) is 133 cm³/mol. The maximum atomic E-state index is 13.4. The van der Waals surface area contributed by atoms with Gasteiger partial charge in [0.2, 0.25) is 5.91 Å². The Kier molecular flexibility index (Phi) is 6.73. The number of hydrogen-bond acceptors (Lipinski definition) is 7. The van der Waals surface area contributed by atoms with Crippen molar-refractivity contribution in [1.29, 1.82) is 0 Å². The molecule has 0 bridgehead atoms. The van der Waals surface area contributed by atoms with E-state index in [9.17, 15) is 24.6 Å². The molecule has 0 aromatic heterocycles. The number of nitrogens with zero attached hydrogens (tertiary/aromatic N) is 1. The summed E-state index contributed by atoms with van der Waals surface area (Å²) in [6.45, 7) is 6.48. The fourth-order valence-corrected chi connectivity index (χ4v) is 9.29. The smallest absolute Gasteiger partial charge is 0.232 e. The largest absolute Gasteiger partial charge is 0.393 e. The molecule has 0 aromatic rings. The second-order valence-corrected chi connectivity index (χ2v) is 12.9. The molecule has 1 heterocycles. The van der Waals surface area contributed by atoms with E-state index in [2.05, 4.69) is 6.92 Å². The molecule has 0 radical (unpaired) electrons. The summed E-state index contributed by atoms with van der Waals surface area (Å²) in [6, 6.07) is 0. The third-order valence-corrected chi connectivity index (χ3v) is 11.2. The van der Waals surface area contributed by atoms with Crippen molar-refractivity contribution < 1.29 is 29.3 Å². The number of morpholine rings is 1. The highest BCUT2D eigenvalue weighted by atomic mass is 32.2. The highest BCUT2D eigenvalue weighted by Crippen LogP contribution is 2.67. The Morgan fingerprint density at radius 1 is 1.14 bits per heavy atom. The number of allylic oxidation sites excluding steroid dienone is 1. The summed E-state index contributed by atoms with van der Waals surface area (Å²) < 4.78 is 5.29. The number of aliphatic hydroxyl groups excluding tert-OH is 1. The summed E-state index contributed by atoms with van der Waals surface area (Å²) in [7, 11) is 0. The van der Waals surface area contributed by atoms with Crippen LogP contribution in [0, 0.1) is 28.6 Å². The normalized spacial score (nSPS) is 43.1. The minimum absolute atomic E-state index is 0.00908. The van der Waals surface area contributed by atoms with Crippen LogP contribution < -0.4 is 0 Å². The summed E-state index contributed by atoms with van der Waals surface area (Å²) in [5.74, 6) is 0.779. The molecule has 5 aliphatic rings. The zero-order valence-electron chi connectivity index (χ0n) is 21.0. The van der Waals surface area contributed by atoms with Crippen molar-refractivity contribution in [1.82, 2.24) is 4.90 Å². The maximum absolute atomic E-state index is 13.4. The standard InChI is InChI=1S/C27H39NO6S/c1-25-7-5-18(29)13-17(25)3-4-19-20-6-8-27(33,26(20,2)14-21(30)24(19)25)22(31)15-35-16-23(32)28-9-11-34-12-10-28/h13,19-21,24,30,33H,3-12,14-16H2,1-2H3. The number of rotatable bonds is 5. The number of fused-ring (bicyclic) bond motifs is 5. The fraction of sp³-hybridized carbons (Fsp3) is 0.815. The monoisotopic (exact) mass is 505 g/mol. The molecule has 1 aliphatic heterocycles. The molecule has 1 saturated heterocycles. The number of aliphatic hydroxyl groups is 2. The molecule has 0 spiro atoms. The molecule has 5 rings (SSSR count). The maximum Gasteiger partial charge on any atom is 0.232 e. The van der Waals surface area contributed by atoms with E-state index in [1.807, 2.05) is 13.0 Å². The van der Waals surface area contributed by atoms with Crippen LogP contribution in [0.15, 0.2) is 11.6 Å². The van der Waals surface area contributed by atoms with Gasteiger partial charge in [-0.05, 0) is 67.8 Å². The number of Topliss-reactive ketones (excluding diaryl/α,β-unsaturated/α-hetero) is 1. The molecule has 4 fully saturated rings. The van der Waals surface area contributed by atoms with Crippen molar-refractivity contribution in [2.45, 2.75) is 70.5 Å². The van der Waals surface area contributed by atoms with Crippen LogP contribution >= 0.6 is 11.8 Å². The average molecular weight is 506 g/mol. The zero-order valence-corrected chi connectivity index (χ0v) is 21.8. The van der Waals surface area contributed by atoms with Crippen LogP contribution in [0.3, 0.4) is 0 Å². The van der Waals surface area contributed by atoms with Gasteiger partial charge in [-0.25, -0.2) is 0 Å². The summed E-state index contributed by atoms with van der Waals surface area (Å²) in [5.41, 5.74) is -1.15. The Labute approximate surface area is 212 Å². The number of ether oxygens (including phenoxy) is 1. The fourth-order valence-electron chi connectivity index (χ4n) is 8.40. The first-order valence-electron chi connectivity index (χ1n) is 13.2. The van der Waals surface area contributed by atoms with Gasteiger partial charge in [0.15, 0.2) is 11.6 Å². The van der Waals surface area contributed by atoms with E-state index >= 15 is 0 Å². The van der Waals surface area contributed by atoms with Crippen LogP contribution in [0.5, 0.6) is 0 Å². The van der Waals surface area contributed by atoms with E-state index in [1.165, 1.54) is 17.3 Å². The van der Waals surface area contributed by atoms with Crippen molar-refractivity contribution in [3.63, 3.8) is 0 Å². The minimum atomic E-state index is -1.47. The quantitative estimate of drug-likeness (QED) is 0.591. The lowest BCUT2D eigenvalue weighted by atomic mass is 9.45. The van der Waals surface area contributed by atoms with Crippen LogP contribution in [-0.2, 0) is 19.1 Å².